The Hall–Kier alpha value is -1.97. The highest BCUT2D eigenvalue weighted by molar-refractivity contribution is 6.00. The van der Waals surface area contributed by atoms with Crippen molar-refractivity contribution in [3.8, 4) is 11.3 Å². The summed E-state index contributed by atoms with van der Waals surface area (Å²) in [5.74, 6) is 0.516. The highest BCUT2D eigenvalue weighted by atomic mass is 35.5. The third kappa shape index (κ3) is 3.43. The van der Waals surface area contributed by atoms with Crippen LogP contribution in [-0.2, 0) is 0 Å². The molecular formula is C17H19Cl2N3. The van der Waals surface area contributed by atoms with Gasteiger partial charge in [-0.2, -0.15) is 0 Å². The summed E-state index contributed by atoms with van der Waals surface area (Å²) in [6.07, 6.45) is 0. The third-order valence-corrected chi connectivity index (χ3v) is 3.43. The van der Waals surface area contributed by atoms with Gasteiger partial charge in [0.2, 0.25) is 0 Å². The first kappa shape index (κ1) is 18.1. The number of hydrogen-bond acceptors (Lipinski definition) is 1. The quantitative estimate of drug-likeness (QED) is 0.523. The van der Waals surface area contributed by atoms with Crippen LogP contribution in [0.1, 0.15) is 5.56 Å². The zero-order chi connectivity index (χ0) is 14.1. The fraction of sp³-hybridized carbons (Fsp3) is 0.118. The summed E-state index contributed by atoms with van der Waals surface area (Å²) in [7, 11) is 3.77. The lowest BCUT2D eigenvalue weighted by Crippen LogP contribution is -2.21. The van der Waals surface area contributed by atoms with Crippen molar-refractivity contribution in [1.29, 1.82) is 5.41 Å². The van der Waals surface area contributed by atoms with Crippen molar-refractivity contribution in [2.45, 2.75) is 0 Å². The minimum absolute atomic E-state index is 0. The number of aromatic amines is 1. The molecule has 0 aliphatic rings. The number of fused-ring (bicyclic) bond motifs is 1. The normalized spacial score (nSPS) is 9.73. The average molecular weight is 336 g/mol. The monoisotopic (exact) mass is 335 g/mol. The Morgan fingerprint density at radius 3 is 2.27 bits per heavy atom. The van der Waals surface area contributed by atoms with Gasteiger partial charge in [0.15, 0.2) is 0 Å². The van der Waals surface area contributed by atoms with Crippen LogP contribution in [0.5, 0.6) is 0 Å². The fourth-order valence-electron chi connectivity index (χ4n) is 2.31. The molecule has 0 aliphatic heterocycles. The van der Waals surface area contributed by atoms with Gasteiger partial charge in [-0.05, 0) is 17.7 Å². The number of amidine groups is 1. The summed E-state index contributed by atoms with van der Waals surface area (Å²) in [4.78, 5) is 5.24. The molecule has 22 heavy (non-hydrogen) atoms. The van der Waals surface area contributed by atoms with E-state index in [1.165, 1.54) is 10.9 Å². The number of nitrogens with one attached hydrogen (secondary N) is 2. The van der Waals surface area contributed by atoms with E-state index in [4.69, 9.17) is 5.41 Å². The molecule has 0 unspecified atom stereocenters. The van der Waals surface area contributed by atoms with Crippen LogP contribution in [0.2, 0.25) is 0 Å². The second kappa shape index (κ2) is 7.34. The van der Waals surface area contributed by atoms with Crippen molar-refractivity contribution < 1.29 is 0 Å². The average Bonchev–Trinajstić information content (AvgIpc) is 2.90. The predicted molar refractivity (Wildman–Crippen MR) is 98.7 cm³/mol. The third-order valence-electron chi connectivity index (χ3n) is 3.43. The molecule has 1 heterocycles. The molecule has 3 aromatic rings. The lowest BCUT2D eigenvalue weighted by molar-refractivity contribution is 0.619. The largest absolute Gasteiger partial charge is 0.363 e. The molecular weight excluding hydrogens is 317 g/mol. The van der Waals surface area contributed by atoms with Crippen molar-refractivity contribution in [1.82, 2.24) is 9.88 Å². The predicted octanol–water partition coefficient (Wildman–Crippen LogP) is 4.57. The molecule has 0 amide bonds. The molecule has 3 rings (SSSR count). The Bertz CT molecular complexity index is 764. The zero-order valence-corrected chi connectivity index (χ0v) is 14.1. The first-order chi connectivity index (χ1) is 9.65. The zero-order valence-electron chi connectivity index (χ0n) is 12.5. The van der Waals surface area contributed by atoms with Crippen molar-refractivity contribution in [2.24, 2.45) is 0 Å². The Morgan fingerprint density at radius 1 is 0.955 bits per heavy atom. The standard InChI is InChI=1S/C17H17N3.2ClH/c1-20(2)17(18)14-9-8-13-10-15(19-16(13)11-14)12-6-4-3-5-7-12;;/h3-11,18-19H,1-2H3;2*1H. The molecule has 0 radical (unpaired) electrons. The number of H-pyrrole nitrogens is 1. The summed E-state index contributed by atoms with van der Waals surface area (Å²) >= 11 is 0. The number of hydrogen-bond donors (Lipinski definition) is 2. The SMILES string of the molecule is CN(C)C(=N)c1ccc2cc(-c3ccccc3)[nH]c2c1.Cl.Cl. The summed E-state index contributed by atoms with van der Waals surface area (Å²) in [6, 6.07) is 18.5. The molecule has 0 spiro atoms. The second-order valence-electron chi connectivity index (χ2n) is 5.09. The van der Waals surface area contributed by atoms with E-state index < -0.39 is 0 Å². The Balaban J connectivity index is 0.00000121. The van der Waals surface area contributed by atoms with E-state index in [0.717, 1.165) is 16.8 Å². The number of nitrogens with zero attached hydrogens (tertiary/aromatic N) is 1. The topological polar surface area (TPSA) is 42.9 Å². The van der Waals surface area contributed by atoms with Crippen LogP contribution in [0.15, 0.2) is 54.6 Å². The smallest absolute Gasteiger partial charge is 0.127 e. The first-order valence-electron chi connectivity index (χ1n) is 6.59. The highest BCUT2D eigenvalue weighted by Crippen LogP contribution is 2.24. The van der Waals surface area contributed by atoms with Gasteiger partial charge >= 0.3 is 0 Å². The van der Waals surface area contributed by atoms with Crippen molar-refractivity contribution in [2.75, 3.05) is 14.1 Å². The van der Waals surface area contributed by atoms with E-state index in [9.17, 15) is 0 Å². The van der Waals surface area contributed by atoms with E-state index in [1.807, 2.05) is 49.3 Å². The maximum absolute atomic E-state index is 8.04. The van der Waals surface area contributed by atoms with Crippen LogP contribution in [-0.4, -0.2) is 29.8 Å². The van der Waals surface area contributed by atoms with E-state index in [0.29, 0.717) is 5.84 Å². The maximum Gasteiger partial charge on any atom is 0.127 e. The molecule has 1 aromatic heterocycles. The van der Waals surface area contributed by atoms with Crippen LogP contribution in [0.3, 0.4) is 0 Å². The lowest BCUT2D eigenvalue weighted by Gasteiger charge is -2.13. The summed E-state index contributed by atoms with van der Waals surface area (Å²) in [5, 5.41) is 9.21. The van der Waals surface area contributed by atoms with Gasteiger partial charge < -0.3 is 9.88 Å². The molecule has 0 aliphatic carbocycles. The fourth-order valence-corrected chi connectivity index (χ4v) is 2.31. The van der Waals surface area contributed by atoms with Crippen molar-refractivity contribution in [3.05, 3.63) is 60.2 Å². The highest BCUT2D eigenvalue weighted by Gasteiger charge is 2.07. The Morgan fingerprint density at radius 2 is 1.64 bits per heavy atom. The lowest BCUT2D eigenvalue weighted by atomic mass is 10.1. The Labute approximate surface area is 142 Å². The number of benzene rings is 2. The van der Waals surface area contributed by atoms with Crippen LogP contribution in [0, 0.1) is 5.41 Å². The minimum Gasteiger partial charge on any atom is -0.363 e. The molecule has 116 valence electrons. The summed E-state index contributed by atoms with van der Waals surface area (Å²) in [6.45, 7) is 0. The first-order valence-corrected chi connectivity index (χ1v) is 6.59. The minimum atomic E-state index is 0. The van der Waals surface area contributed by atoms with Gasteiger partial charge in [-0.25, -0.2) is 0 Å². The van der Waals surface area contributed by atoms with Gasteiger partial charge in [0, 0.05) is 36.3 Å². The second-order valence-corrected chi connectivity index (χ2v) is 5.09. The van der Waals surface area contributed by atoms with Crippen LogP contribution in [0.25, 0.3) is 22.2 Å². The molecule has 2 aromatic carbocycles. The maximum atomic E-state index is 8.04. The summed E-state index contributed by atoms with van der Waals surface area (Å²) in [5.41, 5.74) is 4.26. The Kier molecular flexibility index (Phi) is 6.03. The molecule has 0 atom stereocenters. The number of rotatable bonds is 2. The molecule has 0 saturated heterocycles. The van der Waals surface area contributed by atoms with Crippen molar-refractivity contribution in [3.63, 3.8) is 0 Å². The van der Waals surface area contributed by atoms with Gasteiger partial charge in [-0.1, -0.05) is 42.5 Å². The van der Waals surface area contributed by atoms with Gasteiger partial charge in [0.05, 0.1) is 0 Å². The van der Waals surface area contributed by atoms with Gasteiger partial charge in [-0.15, -0.1) is 24.8 Å². The van der Waals surface area contributed by atoms with E-state index in [2.05, 4.69) is 29.2 Å². The molecule has 2 N–H and O–H groups in total. The van der Waals surface area contributed by atoms with Crippen LogP contribution in [0.4, 0.5) is 0 Å². The molecule has 5 heteroatoms. The molecule has 0 fully saturated rings. The number of halogens is 2. The van der Waals surface area contributed by atoms with Gasteiger partial charge in [0.1, 0.15) is 5.84 Å². The van der Waals surface area contributed by atoms with Crippen LogP contribution >= 0.6 is 24.8 Å². The van der Waals surface area contributed by atoms with E-state index >= 15 is 0 Å². The van der Waals surface area contributed by atoms with Crippen LogP contribution < -0.4 is 0 Å². The molecule has 0 saturated carbocycles. The van der Waals surface area contributed by atoms with E-state index in [-0.39, 0.29) is 24.8 Å². The van der Waals surface area contributed by atoms with Gasteiger partial charge in [-0.3, -0.25) is 5.41 Å². The van der Waals surface area contributed by atoms with Gasteiger partial charge in [0.25, 0.3) is 0 Å². The number of aromatic nitrogens is 1. The molecule has 3 nitrogen and oxygen atoms in total. The van der Waals surface area contributed by atoms with Crippen molar-refractivity contribution >= 4 is 41.6 Å². The van der Waals surface area contributed by atoms with E-state index in [1.54, 1.807) is 0 Å². The summed E-state index contributed by atoms with van der Waals surface area (Å²) < 4.78 is 0. The molecule has 0 bridgehead atoms.